The number of aromatic nitrogens is 4. The van der Waals surface area contributed by atoms with Crippen molar-refractivity contribution >= 4 is 0 Å². The van der Waals surface area contributed by atoms with Gasteiger partial charge in [0.1, 0.15) is 23.0 Å². The van der Waals surface area contributed by atoms with E-state index in [9.17, 15) is 0 Å². The summed E-state index contributed by atoms with van der Waals surface area (Å²) >= 11 is 0. The summed E-state index contributed by atoms with van der Waals surface area (Å²) in [5.41, 5.74) is 3.62. The van der Waals surface area contributed by atoms with Crippen LogP contribution >= 0.6 is 0 Å². The van der Waals surface area contributed by atoms with E-state index in [4.69, 9.17) is 0 Å². The Kier molecular flexibility index (Phi) is 5.81. The molecule has 0 radical (unpaired) electrons. The van der Waals surface area contributed by atoms with Crippen LogP contribution in [0.15, 0.2) is 36.7 Å². The van der Waals surface area contributed by atoms with Crippen LogP contribution in [0.25, 0.3) is 0 Å². The molecule has 162 valence electrons. The second kappa shape index (κ2) is 9.04. The Hall–Kier alpha value is -3.32. The monoisotopic (exact) mass is 424 g/mol. The highest BCUT2D eigenvalue weighted by Gasteiger charge is 2.25. The second-order valence-electron chi connectivity index (χ2n) is 8.72. The predicted molar refractivity (Wildman–Crippen MR) is 125 cm³/mol. The lowest BCUT2D eigenvalue weighted by Crippen LogP contribution is -2.18. The smallest absolute Gasteiger partial charge is 0.124 e. The van der Waals surface area contributed by atoms with E-state index in [1.165, 1.54) is 12.8 Å². The van der Waals surface area contributed by atoms with Crippen molar-refractivity contribution in [2.24, 2.45) is 0 Å². The first-order valence-corrected chi connectivity index (χ1v) is 11.3. The summed E-state index contributed by atoms with van der Waals surface area (Å²) in [5, 5.41) is 0. The second-order valence-corrected chi connectivity index (χ2v) is 8.72. The van der Waals surface area contributed by atoms with Gasteiger partial charge in [0.05, 0.1) is 24.5 Å². The van der Waals surface area contributed by atoms with E-state index in [-0.39, 0.29) is 0 Å². The Morgan fingerprint density at radius 1 is 0.719 bits per heavy atom. The fourth-order valence-electron chi connectivity index (χ4n) is 4.57. The zero-order valence-corrected chi connectivity index (χ0v) is 18.7. The molecule has 1 aromatic carbocycles. The van der Waals surface area contributed by atoms with Gasteiger partial charge in [-0.15, -0.1) is 0 Å². The lowest BCUT2D eigenvalue weighted by atomic mass is 10.1. The molecule has 2 aromatic heterocycles. The van der Waals surface area contributed by atoms with Crippen molar-refractivity contribution in [1.82, 2.24) is 29.7 Å². The fourth-order valence-corrected chi connectivity index (χ4v) is 4.57. The van der Waals surface area contributed by atoms with Crippen molar-refractivity contribution in [1.29, 1.82) is 0 Å². The van der Waals surface area contributed by atoms with Crippen molar-refractivity contribution in [3.63, 3.8) is 0 Å². The van der Waals surface area contributed by atoms with Crippen LogP contribution in [-0.4, -0.2) is 56.9 Å². The van der Waals surface area contributed by atoms with Crippen LogP contribution in [0.4, 0.5) is 0 Å². The van der Waals surface area contributed by atoms with Crippen molar-refractivity contribution in [3.05, 3.63) is 70.8 Å². The van der Waals surface area contributed by atoms with E-state index >= 15 is 0 Å². The molecule has 6 heteroatoms. The average Bonchev–Trinajstić information content (AvgIpc) is 3.59. The zero-order valence-electron chi connectivity index (χ0n) is 18.7. The lowest BCUT2D eigenvalue weighted by molar-refractivity contribution is 0.307. The molecule has 2 atom stereocenters. The summed E-state index contributed by atoms with van der Waals surface area (Å²) in [6.45, 7) is 2.25. The molecule has 2 aliphatic heterocycles. The number of hydrogen-bond acceptors (Lipinski definition) is 4. The van der Waals surface area contributed by atoms with Gasteiger partial charge in [-0.2, -0.15) is 0 Å². The Balaban J connectivity index is 1.23. The SMILES string of the molecule is CN1CCCC1c1ncc(C#Cc2ccc(C#Cc3cnc(C4CCCN4C)[nH]3)cc2)[nH]1. The molecule has 2 unspecified atom stereocenters. The molecule has 6 nitrogen and oxygen atoms in total. The standard InChI is InChI=1S/C26H28N6/c1-31-15-3-5-23(31)25-27-17-21(29-25)13-11-19-7-9-20(10-8-19)12-14-22-18-28-26(30-22)24-6-4-16-32(24)2/h7-10,17-18,23-24H,3-6,15-16H2,1-2H3,(H,27,29)(H,28,30). The van der Waals surface area contributed by atoms with E-state index in [0.29, 0.717) is 12.1 Å². The number of nitrogens with one attached hydrogen (secondary N) is 2. The Morgan fingerprint density at radius 2 is 1.16 bits per heavy atom. The normalized spacial score (nSPS) is 21.2. The maximum Gasteiger partial charge on any atom is 0.124 e. The first-order chi connectivity index (χ1) is 15.7. The number of H-pyrrole nitrogens is 2. The third-order valence-electron chi connectivity index (χ3n) is 6.43. The molecule has 0 spiro atoms. The summed E-state index contributed by atoms with van der Waals surface area (Å²) in [7, 11) is 4.30. The molecule has 32 heavy (non-hydrogen) atoms. The molecule has 0 saturated carbocycles. The van der Waals surface area contributed by atoms with Crippen LogP contribution in [0.5, 0.6) is 0 Å². The molecule has 3 aromatic rings. The number of rotatable bonds is 2. The zero-order chi connectivity index (χ0) is 21.9. The van der Waals surface area contributed by atoms with Crippen LogP contribution in [0.2, 0.25) is 0 Å². The molecule has 2 saturated heterocycles. The van der Waals surface area contributed by atoms with Gasteiger partial charge < -0.3 is 9.97 Å². The van der Waals surface area contributed by atoms with Crippen LogP contribution in [0.3, 0.4) is 0 Å². The average molecular weight is 425 g/mol. The highest BCUT2D eigenvalue weighted by atomic mass is 15.2. The number of likely N-dealkylation sites (tertiary alicyclic amines) is 2. The van der Waals surface area contributed by atoms with Gasteiger partial charge in [0.25, 0.3) is 0 Å². The minimum absolute atomic E-state index is 0.383. The van der Waals surface area contributed by atoms with Gasteiger partial charge in [-0.05, 0) is 89.0 Å². The van der Waals surface area contributed by atoms with Gasteiger partial charge in [-0.3, -0.25) is 9.80 Å². The Labute approximate surface area is 189 Å². The maximum absolute atomic E-state index is 4.53. The predicted octanol–water partition coefficient (Wildman–Crippen LogP) is 3.47. The largest absolute Gasteiger partial charge is 0.334 e. The minimum atomic E-state index is 0.383. The van der Waals surface area contributed by atoms with Crippen LogP contribution in [-0.2, 0) is 0 Å². The van der Waals surface area contributed by atoms with E-state index in [1.807, 2.05) is 36.7 Å². The van der Waals surface area contributed by atoms with E-state index < -0.39 is 0 Å². The molecule has 0 aliphatic carbocycles. The van der Waals surface area contributed by atoms with Crippen LogP contribution in [0.1, 0.15) is 71.9 Å². The molecular formula is C26H28N6. The molecule has 2 fully saturated rings. The highest BCUT2D eigenvalue weighted by Crippen LogP contribution is 2.28. The number of nitrogens with zero attached hydrogens (tertiary/aromatic N) is 4. The molecule has 4 heterocycles. The maximum atomic E-state index is 4.53. The van der Waals surface area contributed by atoms with Gasteiger partial charge in [0, 0.05) is 11.1 Å². The number of benzene rings is 1. The Morgan fingerprint density at radius 3 is 1.53 bits per heavy atom. The minimum Gasteiger partial charge on any atom is -0.334 e. The quantitative estimate of drug-likeness (QED) is 0.619. The molecular weight excluding hydrogens is 396 g/mol. The van der Waals surface area contributed by atoms with Crippen molar-refractivity contribution in [2.75, 3.05) is 27.2 Å². The van der Waals surface area contributed by atoms with Crippen molar-refractivity contribution in [2.45, 2.75) is 37.8 Å². The van der Waals surface area contributed by atoms with E-state index in [2.05, 4.69) is 67.5 Å². The first-order valence-electron chi connectivity index (χ1n) is 11.3. The third-order valence-corrected chi connectivity index (χ3v) is 6.43. The molecule has 0 bridgehead atoms. The van der Waals surface area contributed by atoms with Gasteiger partial charge in [0.2, 0.25) is 0 Å². The summed E-state index contributed by atoms with van der Waals surface area (Å²) in [6.07, 6.45) is 8.40. The first kappa shape index (κ1) is 20.6. The summed E-state index contributed by atoms with van der Waals surface area (Å²) in [5.74, 6) is 14.8. The molecule has 5 rings (SSSR count). The Bertz CT molecular complexity index is 1100. The van der Waals surface area contributed by atoms with E-state index in [0.717, 1.165) is 60.1 Å². The molecule has 0 amide bonds. The molecule has 2 aliphatic rings. The third kappa shape index (κ3) is 4.48. The van der Waals surface area contributed by atoms with Gasteiger partial charge in [-0.1, -0.05) is 11.8 Å². The lowest BCUT2D eigenvalue weighted by Gasteiger charge is -2.16. The topological polar surface area (TPSA) is 63.8 Å². The summed E-state index contributed by atoms with van der Waals surface area (Å²) in [6, 6.07) is 8.79. The van der Waals surface area contributed by atoms with Crippen molar-refractivity contribution in [3.8, 4) is 23.7 Å². The summed E-state index contributed by atoms with van der Waals surface area (Å²) < 4.78 is 0. The summed E-state index contributed by atoms with van der Waals surface area (Å²) in [4.78, 5) is 20.5. The van der Waals surface area contributed by atoms with Gasteiger partial charge in [0.15, 0.2) is 0 Å². The van der Waals surface area contributed by atoms with Gasteiger partial charge >= 0.3 is 0 Å². The van der Waals surface area contributed by atoms with Gasteiger partial charge in [-0.25, -0.2) is 9.97 Å². The number of imidazole rings is 2. The highest BCUT2D eigenvalue weighted by molar-refractivity contribution is 5.46. The number of aromatic amines is 2. The van der Waals surface area contributed by atoms with Crippen LogP contribution < -0.4 is 0 Å². The number of hydrogen-bond donors (Lipinski definition) is 2. The van der Waals surface area contributed by atoms with Crippen molar-refractivity contribution < 1.29 is 0 Å². The molecule has 2 N–H and O–H groups in total. The fraction of sp³-hybridized carbons (Fsp3) is 0.385. The van der Waals surface area contributed by atoms with E-state index in [1.54, 1.807) is 0 Å². The van der Waals surface area contributed by atoms with Crippen LogP contribution in [0, 0.1) is 23.7 Å².